The van der Waals surface area contributed by atoms with Crippen LogP contribution in [0.3, 0.4) is 0 Å². The number of fused-ring (bicyclic) bond motifs is 1. The van der Waals surface area contributed by atoms with Crippen LogP contribution in [-0.4, -0.2) is 14.3 Å². The number of para-hydroxylation sites is 1. The van der Waals surface area contributed by atoms with Crippen molar-refractivity contribution in [3.63, 3.8) is 0 Å². The molecule has 0 radical (unpaired) electrons. The van der Waals surface area contributed by atoms with Crippen molar-refractivity contribution in [2.45, 2.75) is 17.7 Å². The molecule has 0 unspecified atom stereocenters. The second kappa shape index (κ2) is 5.50. The lowest BCUT2D eigenvalue weighted by molar-refractivity contribution is 0.598. The van der Waals surface area contributed by atoms with Gasteiger partial charge in [0.15, 0.2) is 0 Å². The number of rotatable bonds is 2. The number of hydrogen-bond acceptors (Lipinski definition) is 2. The van der Waals surface area contributed by atoms with E-state index in [1.165, 1.54) is 29.8 Å². The second-order valence-corrected chi connectivity index (χ2v) is 6.79. The van der Waals surface area contributed by atoms with Crippen molar-refractivity contribution in [1.29, 1.82) is 0 Å². The summed E-state index contributed by atoms with van der Waals surface area (Å²) >= 11 is 5.77. The van der Waals surface area contributed by atoms with E-state index in [1.807, 2.05) is 24.3 Å². The van der Waals surface area contributed by atoms with Gasteiger partial charge in [0.1, 0.15) is 5.84 Å². The van der Waals surface area contributed by atoms with E-state index < -0.39 is 10.0 Å². The molecule has 0 amide bonds. The highest BCUT2D eigenvalue weighted by Crippen LogP contribution is 2.23. The molecule has 1 aliphatic heterocycles. The monoisotopic (exact) mass is 320 g/mol. The van der Waals surface area contributed by atoms with Crippen LogP contribution in [0.4, 0.5) is 5.69 Å². The maximum Gasteiger partial charge on any atom is 0.283 e. The molecule has 0 atom stereocenters. The summed E-state index contributed by atoms with van der Waals surface area (Å²) in [7, 11) is -3.71. The van der Waals surface area contributed by atoms with Crippen molar-refractivity contribution in [2.24, 2.45) is 4.40 Å². The van der Waals surface area contributed by atoms with Crippen LogP contribution in [0.25, 0.3) is 0 Å². The minimum atomic E-state index is -3.71. The van der Waals surface area contributed by atoms with Crippen LogP contribution in [0.5, 0.6) is 0 Å². The molecule has 1 N–H and O–H groups in total. The fraction of sp³-hybridized carbons (Fsp3) is 0.133. The number of amidine groups is 1. The Labute approximate surface area is 128 Å². The fourth-order valence-electron chi connectivity index (χ4n) is 2.20. The minimum absolute atomic E-state index is 0.139. The fourth-order valence-corrected chi connectivity index (χ4v) is 3.34. The molecule has 3 rings (SSSR count). The largest absolute Gasteiger partial charge is 0.343 e. The van der Waals surface area contributed by atoms with Gasteiger partial charge in [-0.1, -0.05) is 29.8 Å². The third-order valence-electron chi connectivity index (χ3n) is 3.27. The van der Waals surface area contributed by atoms with Gasteiger partial charge in [0.25, 0.3) is 10.0 Å². The summed E-state index contributed by atoms with van der Waals surface area (Å²) in [5, 5.41) is 3.57. The molecule has 4 nitrogen and oxygen atoms in total. The molecule has 0 aliphatic carbocycles. The third kappa shape index (κ3) is 3.09. The van der Waals surface area contributed by atoms with E-state index in [0.717, 1.165) is 12.1 Å². The van der Waals surface area contributed by atoms with Crippen LogP contribution in [-0.2, 0) is 16.4 Å². The van der Waals surface area contributed by atoms with E-state index in [1.54, 1.807) is 0 Å². The Bertz CT molecular complexity index is 799. The van der Waals surface area contributed by atoms with Crippen LogP contribution in [0.1, 0.15) is 12.0 Å². The molecule has 0 fully saturated rings. The van der Waals surface area contributed by atoms with Crippen molar-refractivity contribution >= 4 is 33.1 Å². The van der Waals surface area contributed by atoms with Crippen LogP contribution in [0.15, 0.2) is 57.8 Å². The molecule has 21 heavy (non-hydrogen) atoms. The van der Waals surface area contributed by atoms with Crippen molar-refractivity contribution in [1.82, 2.24) is 0 Å². The maximum absolute atomic E-state index is 12.3. The molecule has 0 spiro atoms. The number of sulfonamides is 1. The zero-order valence-electron chi connectivity index (χ0n) is 11.1. The molecule has 1 heterocycles. The molecule has 6 heteroatoms. The molecule has 0 aromatic heterocycles. The number of benzene rings is 2. The normalized spacial score (nSPS) is 16.3. The maximum atomic E-state index is 12.3. The van der Waals surface area contributed by atoms with Gasteiger partial charge in [-0.05, 0) is 42.3 Å². The lowest BCUT2D eigenvalue weighted by Crippen LogP contribution is -2.21. The summed E-state index contributed by atoms with van der Waals surface area (Å²) in [6.45, 7) is 0. The Morgan fingerprint density at radius 1 is 1.00 bits per heavy atom. The molecule has 2 aromatic rings. The van der Waals surface area contributed by atoms with Gasteiger partial charge in [0, 0.05) is 17.1 Å². The van der Waals surface area contributed by atoms with E-state index in [2.05, 4.69) is 9.71 Å². The van der Waals surface area contributed by atoms with Gasteiger partial charge in [-0.2, -0.15) is 8.42 Å². The van der Waals surface area contributed by atoms with Gasteiger partial charge >= 0.3 is 0 Å². The van der Waals surface area contributed by atoms with Crippen LogP contribution >= 0.6 is 11.6 Å². The van der Waals surface area contributed by atoms with Gasteiger partial charge in [-0.25, -0.2) is 0 Å². The number of aryl methyl sites for hydroxylation is 1. The second-order valence-electron chi connectivity index (χ2n) is 4.75. The first-order valence-corrected chi connectivity index (χ1v) is 8.31. The Hall–Kier alpha value is -1.85. The van der Waals surface area contributed by atoms with Crippen molar-refractivity contribution in [2.75, 3.05) is 5.32 Å². The molecule has 0 saturated carbocycles. The van der Waals surface area contributed by atoms with Gasteiger partial charge < -0.3 is 5.32 Å². The summed E-state index contributed by atoms with van der Waals surface area (Å²) in [6, 6.07) is 13.8. The third-order valence-corrected chi connectivity index (χ3v) is 4.85. The molecule has 0 bridgehead atoms. The van der Waals surface area contributed by atoms with Gasteiger partial charge in [0.05, 0.1) is 4.90 Å². The minimum Gasteiger partial charge on any atom is -0.343 e. The van der Waals surface area contributed by atoms with E-state index >= 15 is 0 Å². The lowest BCUT2D eigenvalue weighted by Gasteiger charge is -2.19. The lowest BCUT2D eigenvalue weighted by atomic mass is 10.0. The summed E-state index contributed by atoms with van der Waals surface area (Å²) in [4.78, 5) is 0.139. The molecular weight excluding hydrogens is 308 g/mol. The Kier molecular flexibility index (Phi) is 3.69. The van der Waals surface area contributed by atoms with Crippen molar-refractivity contribution in [3.05, 3.63) is 59.1 Å². The predicted octanol–water partition coefficient (Wildman–Crippen LogP) is 3.49. The predicted molar refractivity (Wildman–Crippen MR) is 84.5 cm³/mol. The summed E-state index contributed by atoms with van der Waals surface area (Å²) in [5.74, 6) is 0.462. The Morgan fingerprint density at radius 3 is 2.48 bits per heavy atom. The number of nitrogens with one attached hydrogen (secondary N) is 1. The highest BCUT2D eigenvalue weighted by atomic mass is 35.5. The average Bonchev–Trinajstić information content (AvgIpc) is 2.47. The number of hydrogen-bond donors (Lipinski definition) is 1. The Balaban J connectivity index is 1.90. The van der Waals surface area contributed by atoms with Crippen LogP contribution in [0, 0.1) is 0 Å². The number of nitrogens with zero attached hydrogens (tertiary/aromatic N) is 1. The zero-order valence-corrected chi connectivity index (χ0v) is 12.7. The first kappa shape index (κ1) is 14.1. The zero-order chi connectivity index (χ0) is 14.9. The molecule has 1 aliphatic rings. The topological polar surface area (TPSA) is 58.5 Å². The molecule has 2 aromatic carbocycles. The smallest absolute Gasteiger partial charge is 0.283 e. The van der Waals surface area contributed by atoms with Crippen LogP contribution in [0.2, 0.25) is 5.02 Å². The van der Waals surface area contributed by atoms with Gasteiger partial charge in [-0.3, -0.25) is 0 Å². The highest BCUT2D eigenvalue weighted by molar-refractivity contribution is 7.90. The standard InChI is InChI=1S/C15H13ClN2O2S/c16-12-6-8-13(9-7-12)21(19,20)18-15-10-5-11-3-1-2-4-14(11)17-15/h1-4,6-9H,5,10H2,(H,17,18). The molecule has 108 valence electrons. The van der Waals surface area contributed by atoms with E-state index in [-0.39, 0.29) is 4.90 Å². The first-order chi connectivity index (χ1) is 10.0. The SMILES string of the molecule is O=S(=O)(N=C1CCc2ccccc2N1)c1ccc(Cl)cc1. The van der Waals surface area contributed by atoms with Crippen molar-refractivity contribution in [3.8, 4) is 0 Å². The summed E-state index contributed by atoms with van der Waals surface area (Å²) in [6.07, 6.45) is 1.35. The van der Waals surface area contributed by atoms with E-state index in [9.17, 15) is 8.42 Å². The van der Waals surface area contributed by atoms with Gasteiger partial charge in [-0.15, -0.1) is 4.40 Å². The average molecular weight is 321 g/mol. The highest BCUT2D eigenvalue weighted by Gasteiger charge is 2.18. The quantitative estimate of drug-likeness (QED) is 0.921. The van der Waals surface area contributed by atoms with E-state index in [4.69, 9.17) is 11.6 Å². The van der Waals surface area contributed by atoms with Gasteiger partial charge in [0.2, 0.25) is 0 Å². The summed E-state index contributed by atoms with van der Waals surface area (Å²) in [5.41, 5.74) is 2.08. The summed E-state index contributed by atoms with van der Waals surface area (Å²) < 4.78 is 28.4. The van der Waals surface area contributed by atoms with Crippen LogP contribution < -0.4 is 5.32 Å². The number of anilines is 1. The molecule has 0 saturated heterocycles. The molecular formula is C15H13ClN2O2S. The number of halogens is 1. The first-order valence-electron chi connectivity index (χ1n) is 6.49. The Morgan fingerprint density at radius 2 is 1.71 bits per heavy atom. The van der Waals surface area contributed by atoms with Crippen molar-refractivity contribution < 1.29 is 8.42 Å². The van der Waals surface area contributed by atoms with E-state index in [0.29, 0.717) is 17.3 Å².